The highest BCUT2D eigenvalue weighted by atomic mass is 16.3. The molecule has 2 aliphatic heterocycles. The number of benzene rings is 1. The van der Waals surface area contributed by atoms with Crippen LogP contribution in [0, 0.1) is 5.92 Å². The summed E-state index contributed by atoms with van der Waals surface area (Å²) in [5.41, 5.74) is 0.824. The average Bonchev–Trinajstić information content (AvgIpc) is 3.31. The number of para-hydroxylation sites is 2. The first-order valence-electron chi connectivity index (χ1n) is 11.2. The molecule has 2 saturated heterocycles. The van der Waals surface area contributed by atoms with Crippen LogP contribution in [-0.2, 0) is 9.59 Å². The second-order valence-corrected chi connectivity index (χ2v) is 9.26. The van der Waals surface area contributed by atoms with E-state index in [4.69, 9.17) is 4.42 Å². The monoisotopic (exact) mass is 424 g/mol. The number of piperidine rings is 1. The van der Waals surface area contributed by atoms with Crippen molar-refractivity contribution in [2.45, 2.75) is 56.9 Å². The van der Waals surface area contributed by atoms with E-state index in [0.29, 0.717) is 31.8 Å². The van der Waals surface area contributed by atoms with Crippen molar-refractivity contribution in [1.82, 2.24) is 20.1 Å². The number of hydrogen-bond acceptors (Lipinski definition) is 5. The molecule has 31 heavy (non-hydrogen) atoms. The first-order chi connectivity index (χ1) is 14.9. The number of urea groups is 1. The van der Waals surface area contributed by atoms with Gasteiger partial charge >= 0.3 is 6.03 Å². The van der Waals surface area contributed by atoms with E-state index in [1.54, 1.807) is 4.90 Å². The fraction of sp³-hybridized carbons (Fsp3) is 0.565. The Balaban J connectivity index is 1.19. The van der Waals surface area contributed by atoms with Gasteiger partial charge in [-0.05, 0) is 56.6 Å². The zero-order chi connectivity index (χ0) is 21.6. The first-order valence-corrected chi connectivity index (χ1v) is 11.2. The summed E-state index contributed by atoms with van der Waals surface area (Å²) >= 11 is 0. The lowest BCUT2D eigenvalue weighted by atomic mass is 9.77. The molecule has 1 spiro atoms. The number of amides is 4. The van der Waals surface area contributed by atoms with Gasteiger partial charge in [0.15, 0.2) is 11.5 Å². The molecule has 1 aromatic heterocycles. The Labute approximate surface area is 181 Å². The van der Waals surface area contributed by atoms with Gasteiger partial charge in [0.2, 0.25) is 5.91 Å². The van der Waals surface area contributed by atoms with Crippen LogP contribution in [0.1, 0.15) is 57.3 Å². The lowest BCUT2D eigenvalue weighted by Gasteiger charge is -2.34. The molecule has 8 heteroatoms. The molecule has 1 N–H and O–H groups in total. The SMILES string of the molecule is CC1CCC2(CC1)NC(=O)N(CC(=O)N1CCC(c3nc4ccccc4o3)CC1)C2=O. The maximum absolute atomic E-state index is 13.0. The van der Waals surface area contributed by atoms with Gasteiger partial charge in [-0.15, -0.1) is 0 Å². The average molecular weight is 425 g/mol. The molecular weight excluding hydrogens is 396 g/mol. The van der Waals surface area contributed by atoms with Crippen LogP contribution in [0.4, 0.5) is 4.79 Å². The summed E-state index contributed by atoms with van der Waals surface area (Å²) in [7, 11) is 0. The summed E-state index contributed by atoms with van der Waals surface area (Å²) in [4.78, 5) is 45.8. The van der Waals surface area contributed by atoms with Crippen LogP contribution >= 0.6 is 0 Å². The van der Waals surface area contributed by atoms with E-state index in [0.717, 1.165) is 47.6 Å². The molecule has 8 nitrogen and oxygen atoms in total. The highest BCUT2D eigenvalue weighted by Gasteiger charge is 2.52. The second kappa shape index (κ2) is 7.66. The molecule has 2 aromatic rings. The third kappa shape index (κ3) is 3.58. The fourth-order valence-corrected chi connectivity index (χ4v) is 5.09. The summed E-state index contributed by atoms with van der Waals surface area (Å²) in [6, 6.07) is 7.26. The molecule has 3 aliphatic rings. The Morgan fingerprint density at radius 1 is 1.16 bits per heavy atom. The molecule has 164 valence electrons. The quantitative estimate of drug-likeness (QED) is 0.764. The predicted molar refractivity (Wildman–Crippen MR) is 113 cm³/mol. The highest BCUT2D eigenvalue weighted by Crippen LogP contribution is 2.36. The molecule has 1 aliphatic carbocycles. The van der Waals surface area contributed by atoms with E-state index in [1.807, 2.05) is 24.3 Å². The van der Waals surface area contributed by atoms with Crippen LogP contribution in [-0.4, -0.2) is 57.8 Å². The maximum Gasteiger partial charge on any atom is 0.325 e. The number of rotatable bonds is 3. The number of imide groups is 1. The Hall–Kier alpha value is -2.90. The summed E-state index contributed by atoms with van der Waals surface area (Å²) < 4.78 is 5.89. The van der Waals surface area contributed by atoms with E-state index >= 15 is 0 Å². The van der Waals surface area contributed by atoms with Gasteiger partial charge in [0.25, 0.3) is 5.91 Å². The summed E-state index contributed by atoms with van der Waals surface area (Å²) in [5, 5.41) is 2.89. The van der Waals surface area contributed by atoms with Crippen LogP contribution < -0.4 is 5.32 Å². The van der Waals surface area contributed by atoms with Crippen molar-refractivity contribution in [1.29, 1.82) is 0 Å². The van der Waals surface area contributed by atoms with Gasteiger partial charge in [-0.2, -0.15) is 0 Å². The third-order valence-corrected chi connectivity index (χ3v) is 7.17. The first kappa shape index (κ1) is 20.0. The number of carbonyl (C=O) groups is 3. The van der Waals surface area contributed by atoms with Crippen LogP contribution in [0.15, 0.2) is 28.7 Å². The standard InChI is InChI=1S/C23H28N4O4/c1-15-6-10-23(11-7-15)21(29)27(22(30)25-23)14-19(28)26-12-8-16(9-13-26)20-24-17-4-2-3-5-18(17)31-20/h2-5,15-16H,6-14H2,1H3,(H,25,30). The van der Waals surface area contributed by atoms with Crippen molar-refractivity contribution in [3.05, 3.63) is 30.2 Å². The molecule has 1 aromatic carbocycles. The number of carbonyl (C=O) groups excluding carboxylic acids is 3. The Morgan fingerprint density at radius 2 is 1.87 bits per heavy atom. The Kier molecular flexibility index (Phi) is 4.95. The maximum atomic E-state index is 13.0. The van der Waals surface area contributed by atoms with Crippen LogP contribution in [0.2, 0.25) is 0 Å². The van der Waals surface area contributed by atoms with Gasteiger partial charge < -0.3 is 14.6 Å². The van der Waals surface area contributed by atoms with Crippen molar-refractivity contribution in [3.63, 3.8) is 0 Å². The van der Waals surface area contributed by atoms with Gasteiger partial charge in [0.1, 0.15) is 17.6 Å². The molecule has 5 rings (SSSR count). The van der Waals surface area contributed by atoms with Gasteiger partial charge in [-0.25, -0.2) is 9.78 Å². The molecule has 0 atom stereocenters. The van der Waals surface area contributed by atoms with Crippen LogP contribution in [0.5, 0.6) is 0 Å². The molecule has 3 heterocycles. The largest absolute Gasteiger partial charge is 0.440 e. The van der Waals surface area contributed by atoms with E-state index in [1.165, 1.54) is 0 Å². The minimum atomic E-state index is -0.802. The fourth-order valence-electron chi connectivity index (χ4n) is 5.09. The van der Waals surface area contributed by atoms with Crippen molar-refractivity contribution < 1.29 is 18.8 Å². The Morgan fingerprint density at radius 3 is 2.58 bits per heavy atom. The number of likely N-dealkylation sites (tertiary alicyclic amines) is 1. The molecule has 1 saturated carbocycles. The number of oxazole rings is 1. The molecule has 3 fully saturated rings. The van der Waals surface area contributed by atoms with Crippen molar-refractivity contribution >= 4 is 28.9 Å². The number of nitrogens with one attached hydrogen (secondary N) is 1. The molecule has 0 unspecified atom stereocenters. The Bertz CT molecular complexity index is 983. The second-order valence-electron chi connectivity index (χ2n) is 9.26. The summed E-state index contributed by atoms with van der Waals surface area (Å²) in [5.74, 6) is 1.03. The van der Waals surface area contributed by atoms with Crippen LogP contribution in [0.3, 0.4) is 0 Å². The number of fused-ring (bicyclic) bond motifs is 1. The van der Waals surface area contributed by atoms with Gasteiger partial charge in [-0.1, -0.05) is 19.1 Å². The predicted octanol–water partition coefficient (Wildman–Crippen LogP) is 3.03. The third-order valence-electron chi connectivity index (χ3n) is 7.17. The molecular formula is C23H28N4O4. The highest BCUT2D eigenvalue weighted by molar-refractivity contribution is 6.09. The lowest BCUT2D eigenvalue weighted by molar-refractivity contribution is -0.140. The van der Waals surface area contributed by atoms with E-state index < -0.39 is 11.6 Å². The van der Waals surface area contributed by atoms with Crippen molar-refractivity contribution in [3.8, 4) is 0 Å². The van der Waals surface area contributed by atoms with E-state index in [2.05, 4.69) is 17.2 Å². The smallest absolute Gasteiger partial charge is 0.325 e. The van der Waals surface area contributed by atoms with Gasteiger partial charge in [0, 0.05) is 19.0 Å². The summed E-state index contributed by atoms with van der Waals surface area (Å²) in [6.07, 6.45) is 4.63. The van der Waals surface area contributed by atoms with E-state index in [9.17, 15) is 14.4 Å². The van der Waals surface area contributed by atoms with Gasteiger partial charge in [-0.3, -0.25) is 14.5 Å². The van der Waals surface area contributed by atoms with Crippen molar-refractivity contribution in [2.24, 2.45) is 5.92 Å². The number of aromatic nitrogens is 1. The normalized spacial score (nSPS) is 27.3. The zero-order valence-corrected chi connectivity index (χ0v) is 17.8. The molecule has 4 amide bonds. The summed E-state index contributed by atoms with van der Waals surface area (Å²) in [6.45, 7) is 3.11. The topological polar surface area (TPSA) is 95.8 Å². The van der Waals surface area contributed by atoms with E-state index in [-0.39, 0.29) is 24.3 Å². The minimum Gasteiger partial charge on any atom is -0.440 e. The lowest BCUT2D eigenvalue weighted by Crippen LogP contribution is -2.50. The van der Waals surface area contributed by atoms with Crippen molar-refractivity contribution in [2.75, 3.05) is 19.6 Å². The molecule has 0 radical (unpaired) electrons. The molecule has 0 bridgehead atoms. The zero-order valence-electron chi connectivity index (χ0n) is 17.8. The van der Waals surface area contributed by atoms with Crippen LogP contribution in [0.25, 0.3) is 11.1 Å². The number of hydrogen-bond donors (Lipinski definition) is 1. The number of nitrogens with zero attached hydrogens (tertiary/aromatic N) is 3. The minimum absolute atomic E-state index is 0.167. The van der Waals surface area contributed by atoms with Gasteiger partial charge in [0.05, 0.1) is 0 Å².